The highest BCUT2D eigenvalue weighted by molar-refractivity contribution is 8.00. The fraction of sp³-hybridized carbons (Fsp3) is 0.483. The fourth-order valence-corrected chi connectivity index (χ4v) is 8.69. The number of anilines is 4. The van der Waals surface area contributed by atoms with Crippen molar-refractivity contribution >= 4 is 45.6 Å². The van der Waals surface area contributed by atoms with Crippen LogP contribution in [0.2, 0.25) is 0 Å². The number of hydrogen-bond donors (Lipinski definition) is 2. The summed E-state index contributed by atoms with van der Waals surface area (Å²) in [7, 11) is 3.55. The molecule has 0 radical (unpaired) electrons. The van der Waals surface area contributed by atoms with Gasteiger partial charge in [0.15, 0.2) is 11.6 Å². The monoisotopic (exact) mass is 640 g/mol. The summed E-state index contributed by atoms with van der Waals surface area (Å²) in [6.45, 7) is 4.56. The van der Waals surface area contributed by atoms with Crippen LogP contribution in [-0.2, 0) is 10.5 Å². The van der Waals surface area contributed by atoms with Crippen molar-refractivity contribution in [1.29, 1.82) is 10.5 Å². The number of hydrogen-bond acceptors (Lipinski definition) is 13. The van der Waals surface area contributed by atoms with Crippen molar-refractivity contribution in [2.45, 2.75) is 42.7 Å². The van der Waals surface area contributed by atoms with E-state index in [1.54, 1.807) is 30.8 Å². The van der Waals surface area contributed by atoms with Crippen LogP contribution in [0.3, 0.4) is 0 Å². The number of fused-ring (bicyclic) bond motifs is 2. The van der Waals surface area contributed by atoms with Crippen molar-refractivity contribution < 1.29 is 13.5 Å². The average Bonchev–Trinajstić information content (AvgIpc) is 3.70. The van der Waals surface area contributed by atoms with Crippen LogP contribution in [0.4, 0.5) is 31.2 Å². The molecule has 6 heterocycles. The molecule has 11 nitrogen and oxygen atoms in total. The summed E-state index contributed by atoms with van der Waals surface area (Å²) in [6, 6.07) is 6.99. The standard InChI is InChI=1S/C24H23F2N9OS2.C5H11N/c1-12(13-4-3-5-31-19(13)29)35(8-17(25)26)22-15(7-28)21(32-23(33-22)36-2)34-10-24(11-34)18-14(6-27)20(30)38-16(18)9-37-24;1-6-4-2-3-5-6/h3-5,12,17H,8-11,30H2,1-2H3,(H2,29,31);2-5H2,1H3. The lowest BCUT2D eigenvalue weighted by Crippen LogP contribution is -2.57. The molecule has 3 aromatic rings. The van der Waals surface area contributed by atoms with E-state index in [2.05, 4.69) is 39.0 Å². The van der Waals surface area contributed by atoms with Gasteiger partial charge in [0, 0.05) is 41.0 Å². The highest BCUT2D eigenvalue weighted by Gasteiger charge is 2.53. The zero-order valence-corrected chi connectivity index (χ0v) is 26.4. The lowest BCUT2D eigenvalue weighted by Gasteiger charge is -2.48. The SMILES string of the molecule is CN1CCCC1.COc1nc(N2CC3(C2)SCc2sc(N)c(C#N)c23)c(C#N)c(N(CC(F)F)C(C)c2cccnc2N)n1. The van der Waals surface area contributed by atoms with Crippen LogP contribution < -0.4 is 26.0 Å². The maximum absolute atomic E-state index is 13.8. The molecule has 1 spiro atoms. The molecule has 0 aliphatic carbocycles. The van der Waals surface area contributed by atoms with Gasteiger partial charge in [-0.2, -0.15) is 20.5 Å². The van der Waals surface area contributed by atoms with Gasteiger partial charge in [0.05, 0.1) is 30.0 Å². The Kier molecular flexibility index (Phi) is 9.29. The van der Waals surface area contributed by atoms with Crippen LogP contribution >= 0.6 is 23.1 Å². The molecular weight excluding hydrogens is 607 g/mol. The summed E-state index contributed by atoms with van der Waals surface area (Å²) in [5.41, 5.74) is 14.1. The summed E-state index contributed by atoms with van der Waals surface area (Å²) in [6.07, 6.45) is 1.62. The number of likely N-dealkylation sites (tertiary alicyclic amines) is 1. The second kappa shape index (κ2) is 13.0. The smallest absolute Gasteiger partial charge is 0.320 e. The average molecular weight is 641 g/mol. The van der Waals surface area contributed by atoms with E-state index in [0.717, 1.165) is 16.2 Å². The minimum Gasteiger partial charge on any atom is -0.467 e. The van der Waals surface area contributed by atoms with Gasteiger partial charge >= 0.3 is 6.01 Å². The highest BCUT2D eigenvalue weighted by Crippen LogP contribution is 2.58. The maximum atomic E-state index is 13.8. The highest BCUT2D eigenvalue weighted by atomic mass is 32.2. The van der Waals surface area contributed by atoms with Crippen LogP contribution in [0.15, 0.2) is 18.3 Å². The number of nitriles is 2. The Balaban J connectivity index is 0.000000573. The first-order valence-corrected chi connectivity index (χ1v) is 15.9. The third-order valence-corrected chi connectivity index (χ3v) is 10.8. The number of alkyl halides is 2. The number of halogens is 2. The van der Waals surface area contributed by atoms with Gasteiger partial charge in [-0.1, -0.05) is 6.07 Å². The molecule has 0 bridgehead atoms. The van der Waals surface area contributed by atoms with Crippen molar-refractivity contribution in [3.05, 3.63) is 45.5 Å². The van der Waals surface area contributed by atoms with Crippen molar-refractivity contribution in [3.8, 4) is 18.1 Å². The maximum Gasteiger partial charge on any atom is 0.320 e. The molecule has 3 aromatic heterocycles. The van der Waals surface area contributed by atoms with Crippen LogP contribution in [0.25, 0.3) is 0 Å². The summed E-state index contributed by atoms with van der Waals surface area (Å²) in [5, 5.41) is 20.4. The molecule has 15 heteroatoms. The molecule has 3 aliphatic rings. The van der Waals surface area contributed by atoms with E-state index in [1.165, 1.54) is 55.5 Å². The molecule has 0 aromatic carbocycles. The molecule has 2 fully saturated rings. The number of nitrogen functional groups attached to an aromatic ring is 2. The number of ether oxygens (including phenoxy) is 1. The Morgan fingerprint density at radius 2 is 1.86 bits per heavy atom. The van der Waals surface area contributed by atoms with E-state index in [4.69, 9.17) is 16.2 Å². The first-order valence-electron chi connectivity index (χ1n) is 14.1. The number of nitrogens with two attached hydrogens (primary N) is 2. The number of aromatic nitrogens is 3. The second-order valence-electron chi connectivity index (χ2n) is 10.9. The Labute approximate surface area is 263 Å². The second-order valence-corrected chi connectivity index (χ2v) is 13.4. The lowest BCUT2D eigenvalue weighted by atomic mass is 9.88. The normalized spacial score (nSPS) is 17.3. The minimum absolute atomic E-state index is 0.0172. The van der Waals surface area contributed by atoms with Gasteiger partial charge in [0.25, 0.3) is 6.43 Å². The predicted octanol–water partition coefficient (Wildman–Crippen LogP) is 4.36. The summed E-state index contributed by atoms with van der Waals surface area (Å²) in [4.78, 5) is 19.5. The largest absolute Gasteiger partial charge is 0.467 e. The molecule has 0 saturated carbocycles. The predicted molar refractivity (Wildman–Crippen MR) is 169 cm³/mol. The van der Waals surface area contributed by atoms with Crippen LogP contribution in [0.1, 0.15) is 52.9 Å². The molecule has 1 atom stereocenters. The van der Waals surface area contributed by atoms with Crippen LogP contribution in [0.5, 0.6) is 6.01 Å². The van der Waals surface area contributed by atoms with Crippen molar-refractivity contribution in [1.82, 2.24) is 19.9 Å². The number of pyridine rings is 1. The summed E-state index contributed by atoms with van der Waals surface area (Å²) in [5.74, 6) is 1.24. The van der Waals surface area contributed by atoms with Crippen LogP contribution in [-0.4, -0.2) is 73.2 Å². The van der Waals surface area contributed by atoms with E-state index in [1.807, 2.05) is 4.90 Å². The van der Waals surface area contributed by atoms with Gasteiger partial charge in [0.2, 0.25) is 0 Å². The van der Waals surface area contributed by atoms with Gasteiger partial charge in [0.1, 0.15) is 28.5 Å². The van der Waals surface area contributed by atoms with E-state index in [0.29, 0.717) is 29.2 Å². The number of nitrogens with zero attached hydrogens (tertiary/aromatic N) is 8. The number of methoxy groups -OCH3 is 1. The topological polar surface area (TPSA) is 157 Å². The van der Waals surface area contributed by atoms with Crippen LogP contribution in [0, 0.1) is 22.7 Å². The quantitative estimate of drug-likeness (QED) is 0.377. The Hall–Kier alpha value is -3.92. The number of thiophene rings is 1. The van der Waals surface area contributed by atoms with Crippen molar-refractivity contribution in [3.63, 3.8) is 0 Å². The first-order chi connectivity index (χ1) is 21.1. The van der Waals surface area contributed by atoms with Gasteiger partial charge in [-0.15, -0.1) is 23.1 Å². The molecule has 6 rings (SSSR count). The Morgan fingerprint density at radius 3 is 2.43 bits per heavy atom. The van der Waals surface area contributed by atoms with E-state index in [-0.39, 0.29) is 33.8 Å². The van der Waals surface area contributed by atoms with E-state index < -0.39 is 19.0 Å². The summed E-state index contributed by atoms with van der Waals surface area (Å²) >= 11 is 3.15. The van der Waals surface area contributed by atoms with Gasteiger partial charge < -0.3 is 30.9 Å². The molecule has 0 amide bonds. The lowest BCUT2D eigenvalue weighted by molar-refractivity contribution is 0.152. The fourth-order valence-electron chi connectivity index (χ4n) is 5.89. The molecule has 3 aliphatic heterocycles. The molecule has 44 heavy (non-hydrogen) atoms. The third-order valence-electron chi connectivity index (χ3n) is 8.12. The van der Waals surface area contributed by atoms with Crippen molar-refractivity contribution in [2.24, 2.45) is 0 Å². The zero-order valence-electron chi connectivity index (χ0n) is 24.8. The molecule has 4 N–H and O–H groups in total. The Bertz CT molecular complexity index is 1590. The van der Waals surface area contributed by atoms with E-state index >= 15 is 0 Å². The molecule has 2 saturated heterocycles. The van der Waals surface area contributed by atoms with Gasteiger partial charge in [-0.3, -0.25) is 0 Å². The van der Waals surface area contributed by atoms with E-state index in [9.17, 15) is 19.3 Å². The molecule has 1 unspecified atom stereocenters. The minimum atomic E-state index is -2.72. The number of rotatable bonds is 7. The van der Waals surface area contributed by atoms with Crippen molar-refractivity contribution in [2.75, 3.05) is 68.1 Å². The first kappa shape index (κ1) is 31.5. The number of thioether (sulfide) groups is 1. The third kappa shape index (κ3) is 5.92. The van der Waals surface area contributed by atoms with Gasteiger partial charge in [-0.05, 0) is 46.0 Å². The summed E-state index contributed by atoms with van der Waals surface area (Å²) < 4.78 is 32.6. The zero-order chi connectivity index (χ0) is 31.6. The molecular formula is C29H34F2N10OS2. The van der Waals surface area contributed by atoms with Gasteiger partial charge in [-0.25, -0.2) is 13.8 Å². The Morgan fingerprint density at radius 1 is 1.16 bits per heavy atom. The molecule has 232 valence electrons.